The summed E-state index contributed by atoms with van der Waals surface area (Å²) in [7, 11) is -3.41. The average Bonchev–Trinajstić information content (AvgIpc) is 3.28. The number of hydrogen-bond donors (Lipinski definition) is 1. The predicted molar refractivity (Wildman–Crippen MR) is 131 cm³/mol. The van der Waals surface area contributed by atoms with Gasteiger partial charge < -0.3 is 10.0 Å². The fourth-order valence-corrected chi connectivity index (χ4v) is 5.32. The maximum atomic E-state index is 13.9. The van der Waals surface area contributed by atoms with Crippen LogP contribution in [-0.2, 0) is 22.6 Å². The van der Waals surface area contributed by atoms with Crippen molar-refractivity contribution in [1.29, 1.82) is 0 Å². The fraction of sp³-hybridized carbons (Fsp3) is 0.292. The number of phenols is 1. The Hall–Kier alpha value is -3.78. The third-order valence-corrected chi connectivity index (χ3v) is 7.61. The van der Waals surface area contributed by atoms with E-state index in [1.807, 2.05) is 35.2 Å². The Balaban J connectivity index is 1.50. The first kappa shape index (κ1) is 25.9. The van der Waals surface area contributed by atoms with Crippen LogP contribution in [0.5, 0.6) is 5.75 Å². The molecular formula is C24H22F4N6O3S. The second kappa shape index (κ2) is 9.51. The second-order valence-corrected chi connectivity index (χ2v) is 11.0. The molecule has 4 aromatic rings. The van der Waals surface area contributed by atoms with Gasteiger partial charge in [-0.15, -0.1) is 0 Å². The number of hydrogen-bond acceptors (Lipinski definition) is 7. The number of fused-ring (bicyclic) bond motifs is 1. The van der Waals surface area contributed by atoms with Crippen molar-refractivity contribution in [1.82, 2.24) is 24.1 Å². The quantitative estimate of drug-likeness (QED) is 0.380. The van der Waals surface area contributed by atoms with Crippen molar-refractivity contribution >= 4 is 27.0 Å². The van der Waals surface area contributed by atoms with Crippen molar-refractivity contribution in [2.24, 2.45) is 0 Å². The lowest BCUT2D eigenvalue weighted by atomic mass is 10.0. The van der Waals surface area contributed by atoms with Gasteiger partial charge in [-0.25, -0.2) is 27.5 Å². The number of rotatable bonds is 5. The summed E-state index contributed by atoms with van der Waals surface area (Å²) in [5.74, 6) is -2.62. The van der Waals surface area contributed by atoms with E-state index in [0.717, 1.165) is 22.6 Å². The van der Waals surface area contributed by atoms with Crippen LogP contribution in [0.25, 0.3) is 16.7 Å². The molecule has 0 spiro atoms. The lowest BCUT2D eigenvalue weighted by Gasteiger charge is -2.40. The molecule has 14 heteroatoms. The van der Waals surface area contributed by atoms with Crippen molar-refractivity contribution in [2.45, 2.75) is 18.6 Å². The van der Waals surface area contributed by atoms with Crippen molar-refractivity contribution < 1.29 is 31.1 Å². The van der Waals surface area contributed by atoms with Gasteiger partial charge in [0.1, 0.15) is 11.0 Å². The zero-order valence-corrected chi connectivity index (χ0v) is 20.8. The van der Waals surface area contributed by atoms with Crippen molar-refractivity contribution in [2.75, 3.05) is 30.8 Å². The first-order valence-electron chi connectivity index (χ1n) is 11.5. The number of aromatic hydroxyl groups is 1. The molecule has 1 atom stereocenters. The van der Waals surface area contributed by atoms with Gasteiger partial charge in [0.05, 0.1) is 29.9 Å². The standard InChI is InChI=1S/C24H22F4N6O3S/c1-38(36,37)32-7-8-33(17(13-32)9-15-5-3-2-4-6-15)23-29-12-19-20(30-23)14-34(31-19)16-10-18(24(26,27)28)22(25)21(35)11-16/h2-6,10-12,14,17,35H,7-9,13H2,1H3/t17-/m1/s1. The van der Waals surface area contributed by atoms with Gasteiger partial charge in [0.25, 0.3) is 0 Å². The topological polar surface area (TPSA) is 104 Å². The molecule has 1 N–H and O–H groups in total. The molecule has 0 bridgehead atoms. The number of anilines is 1. The van der Waals surface area contributed by atoms with Gasteiger partial charge in [-0.2, -0.15) is 22.6 Å². The SMILES string of the molecule is CS(=O)(=O)N1CCN(c2ncc3nn(-c4cc(O)c(F)c(C(F)(F)F)c4)cc3n2)[C@H](Cc2ccccc2)C1. The van der Waals surface area contributed by atoms with Crippen molar-refractivity contribution in [3.05, 3.63) is 71.8 Å². The molecule has 0 amide bonds. The molecule has 0 aliphatic carbocycles. The Labute approximate surface area is 215 Å². The summed E-state index contributed by atoms with van der Waals surface area (Å²) in [4.78, 5) is 10.8. The Morgan fingerprint density at radius 2 is 1.84 bits per heavy atom. The highest BCUT2D eigenvalue weighted by molar-refractivity contribution is 7.88. The molecule has 1 aliphatic heterocycles. The van der Waals surface area contributed by atoms with Crippen LogP contribution in [0, 0.1) is 5.82 Å². The zero-order valence-electron chi connectivity index (χ0n) is 20.0. The van der Waals surface area contributed by atoms with Gasteiger partial charge in [0.2, 0.25) is 16.0 Å². The smallest absolute Gasteiger partial charge is 0.419 e. The summed E-state index contributed by atoms with van der Waals surface area (Å²) >= 11 is 0. The zero-order chi connectivity index (χ0) is 27.2. The minimum absolute atomic E-state index is 0.209. The molecule has 0 unspecified atom stereocenters. The molecule has 9 nitrogen and oxygen atoms in total. The largest absolute Gasteiger partial charge is 0.505 e. The minimum atomic E-state index is -5.01. The summed E-state index contributed by atoms with van der Waals surface area (Å²) in [6.07, 6.45) is -0.560. The highest BCUT2D eigenvalue weighted by Gasteiger charge is 2.36. The summed E-state index contributed by atoms with van der Waals surface area (Å²) in [5, 5.41) is 13.9. The first-order valence-corrected chi connectivity index (χ1v) is 13.3. The molecule has 38 heavy (non-hydrogen) atoms. The van der Waals surface area contributed by atoms with Gasteiger partial charge in [-0.3, -0.25) is 0 Å². The summed E-state index contributed by atoms with van der Waals surface area (Å²) < 4.78 is 80.5. The van der Waals surface area contributed by atoms with E-state index in [1.165, 1.54) is 16.7 Å². The Bertz CT molecular complexity index is 1590. The van der Waals surface area contributed by atoms with Crippen LogP contribution in [-0.4, -0.2) is 69.5 Å². The van der Waals surface area contributed by atoms with E-state index < -0.39 is 33.3 Å². The highest BCUT2D eigenvalue weighted by atomic mass is 32.2. The molecule has 1 saturated heterocycles. The van der Waals surface area contributed by atoms with Gasteiger partial charge in [-0.05, 0) is 18.1 Å². The van der Waals surface area contributed by atoms with Crippen LogP contribution >= 0.6 is 0 Å². The number of piperazine rings is 1. The average molecular weight is 551 g/mol. The fourth-order valence-electron chi connectivity index (χ4n) is 4.47. The highest BCUT2D eigenvalue weighted by Crippen LogP contribution is 2.36. The normalized spacial score (nSPS) is 17.3. The molecule has 1 fully saturated rings. The Kier molecular flexibility index (Phi) is 6.47. The van der Waals surface area contributed by atoms with Crippen LogP contribution in [0.15, 0.2) is 54.9 Å². The van der Waals surface area contributed by atoms with Crippen molar-refractivity contribution in [3.63, 3.8) is 0 Å². The van der Waals surface area contributed by atoms with Crippen LogP contribution in [0.4, 0.5) is 23.5 Å². The van der Waals surface area contributed by atoms with E-state index in [1.54, 1.807) is 0 Å². The number of sulfonamides is 1. The van der Waals surface area contributed by atoms with E-state index in [0.29, 0.717) is 30.5 Å². The summed E-state index contributed by atoms with van der Waals surface area (Å²) in [6.45, 7) is 0.786. The Morgan fingerprint density at radius 1 is 1.11 bits per heavy atom. The monoisotopic (exact) mass is 550 g/mol. The molecule has 2 aromatic carbocycles. The first-order chi connectivity index (χ1) is 17.9. The maximum Gasteiger partial charge on any atom is 0.419 e. The van der Waals surface area contributed by atoms with E-state index in [4.69, 9.17) is 0 Å². The van der Waals surface area contributed by atoms with Crippen LogP contribution in [0.2, 0.25) is 0 Å². The lowest BCUT2D eigenvalue weighted by Crippen LogP contribution is -2.56. The Morgan fingerprint density at radius 3 is 2.53 bits per heavy atom. The molecule has 1 aliphatic rings. The third-order valence-electron chi connectivity index (χ3n) is 6.34. The number of alkyl halides is 3. The van der Waals surface area contributed by atoms with E-state index in [2.05, 4.69) is 15.1 Å². The number of aromatic nitrogens is 4. The second-order valence-electron chi connectivity index (χ2n) is 9.00. The molecule has 200 valence electrons. The number of phenolic OH excluding ortho intramolecular Hbond substituents is 1. The summed E-state index contributed by atoms with van der Waals surface area (Å²) in [6, 6.07) is 10.7. The van der Waals surface area contributed by atoms with E-state index in [9.17, 15) is 31.1 Å². The van der Waals surface area contributed by atoms with Gasteiger partial charge in [-0.1, -0.05) is 30.3 Å². The van der Waals surface area contributed by atoms with Gasteiger partial charge in [0.15, 0.2) is 11.6 Å². The van der Waals surface area contributed by atoms with Crippen molar-refractivity contribution in [3.8, 4) is 11.4 Å². The van der Waals surface area contributed by atoms with E-state index in [-0.39, 0.29) is 30.3 Å². The molecule has 0 saturated carbocycles. The van der Waals surface area contributed by atoms with Gasteiger partial charge >= 0.3 is 6.18 Å². The van der Waals surface area contributed by atoms with Crippen LogP contribution in [0.3, 0.4) is 0 Å². The molecule has 5 rings (SSSR count). The maximum absolute atomic E-state index is 13.9. The van der Waals surface area contributed by atoms with E-state index >= 15 is 0 Å². The van der Waals surface area contributed by atoms with Gasteiger partial charge in [0, 0.05) is 31.7 Å². The molecular weight excluding hydrogens is 528 g/mol. The molecule has 0 radical (unpaired) electrons. The minimum Gasteiger partial charge on any atom is -0.505 e. The number of halogens is 4. The predicted octanol–water partition coefficient (Wildman–Crippen LogP) is 3.37. The van der Waals surface area contributed by atoms with Crippen LogP contribution in [0.1, 0.15) is 11.1 Å². The molecule has 3 heterocycles. The number of nitrogens with zero attached hydrogens (tertiary/aromatic N) is 6. The molecule has 2 aromatic heterocycles. The lowest BCUT2D eigenvalue weighted by molar-refractivity contribution is -0.140. The third kappa shape index (κ3) is 5.13. The number of benzene rings is 2. The summed E-state index contributed by atoms with van der Waals surface area (Å²) in [5.41, 5.74) is -0.258. The van der Waals surface area contributed by atoms with Crippen LogP contribution < -0.4 is 4.90 Å².